The van der Waals surface area contributed by atoms with Gasteiger partial charge < -0.3 is 14.4 Å². The van der Waals surface area contributed by atoms with E-state index in [1.54, 1.807) is 0 Å². The predicted molar refractivity (Wildman–Crippen MR) is 100 cm³/mol. The Kier molecular flexibility index (Phi) is 5.38. The fraction of sp³-hybridized carbons (Fsp3) is 1.00. The summed E-state index contributed by atoms with van der Waals surface area (Å²) in [5.41, 5.74) is -0.00354. The van der Waals surface area contributed by atoms with Crippen LogP contribution in [0.15, 0.2) is 0 Å². The van der Waals surface area contributed by atoms with Gasteiger partial charge in [0.15, 0.2) is 0 Å². The highest BCUT2D eigenvalue weighted by molar-refractivity contribution is 7.90. The van der Waals surface area contributed by atoms with Crippen LogP contribution in [0.5, 0.6) is 0 Å². The largest absolute Gasteiger partial charge is 0.381 e. The lowest BCUT2D eigenvalue weighted by atomic mass is 9.74. The number of ether oxygens (including phenoxy) is 2. The van der Waals surface area contributed by atoms with Crippen LogP contribution >= 0.6 is 0 Å². The smallest absolute Gasteiger partial charge is 0.214 e. The second-order valence-corrected chi connectivity index (χ2v) is 11.2. The van der Waals surface area contributed by atoms with Crippen molar-refractivity contribution >= 4 is 10.0 Å². The summed E-state index contributed by atoms with van der Waals surface area (Å²) in [5, 5.41) is -0.296. The Balaban J connectivity index is 1.37. The van der Waals surface area contributed by atoms with Crippen LogP contribution in [0.1, 0.15) is 46.0 Å². The van der Waals surface area contributed by atoms with E-state index < -0.39 is 10.0 Å². The molecule has 4 saturated heterocycles. The normalized spacial score (nSPS) is 38.3. The Morgan fingerprint density at radius 2 is 2.00 bits per heavy atom. The molecular weight excluding hydrogens is 352 g/mol. The summed E-state index contributed by atoms with van der Waals surface area (Å²) >= 11 is 0. The molecule has 26 heavy (non-hydrogen) atoms. The summed E-state index contributed by atoms with van der Waals surface area (Å²) in [7, 11) is -3.25. The highest BCUT2D eigenvalue weighted by Gasteiger charge is 2.62. The fourth-order valence-electron chi connectivity index (χ4n) is 5.49. The SMILES string of the molecule is CC(C)CCN1C[C@@H]2[C@H](CNS(=O)(=O)C3CCOCC3)[C@H]3CC[C@]2(C1)O3. The van der Waals surface area contributed by atoms with Crippen LogP contribution < -0.4 is 4.72 Å². The van der Waals surface area contributed by atoms with E-state index >= 15 is 0 Å². The Bertz CT molecular complexity index is 605. The predicted octanol–water partition coefficient (Wildman–Crippen LogP) is 1.61. The molecule has 0 amide bonds. The number of likely N-dealkylation sites (tertiary alicyclic amines) is 1. The first-order valence-corrected chi connectivity index (χ1v) is 11.9. The maximum atomic E-state index is 12.7. The third kappa shape index (κ3) is 3.58. The zero-order chi connectivity index (χ0) is 18.4. The first-order chi connectivity index (χ1) is 12.4. The Morgan fingerprint density at radius 1 is 1.23 bits per heavy atom. The minimum absolute atomic E-state index is 0.00354. The van der Waals surface area contributed by atoms with E-state index in [4.69, 9.17) is 9.47 Å². The lowest BCUT2D eigenvalue weighted by Crippen LogP contribution is -2.45. The number of nitrogens with one attached hydrogen (secondary N) is 1. The molecule has 0 aromatic heterocycles. The van der Waals surface area contributed by atoms with Crippen molar-refractivity contribution in [3.8, 4) is 0 Å². The number of nitrogens with zero attached hydrogens (tertiary/aromatic N) is 1. The number of sulfonamides is 1. The van der Waals surface area contributed by atoms with E-state index in [1.165, 1.54) is 6.42 Å². The topological polar surface area (TPSA) is 67.9 Å². The lowest BCUT2D eigenvalue weighted by Gasteiger charge is -2.30. The van der Waals surface area contributed by atoms with Gasteiger partial charge >= 0.3 is 0 Å². The van der Waals surface area contributed by atoms with Gasteiger partial charge in [0.1, 0.15) is 0 Å². The van der Waals surface area contributed by atoms with Gasteiger partial charge in [0.25, 0.3) is 0 Å². The number of hydrogen-bond acceptors (Lipinski definition) is 5. The minimum atomic E-state index is -3.25. The molecule has 4 heterocycles. The summed E-state index contributed by atoms with van der Waals surface area (Å²) < 4.78 is 40.0. The van der Waals surface area contributed by atoms with E-state index in [0.717, 1.165) is 32.5 Å². The zero-order valence-corrected chi connectivity index (χ0v) is 17.0. The van der Waals surface area contributed by atoms with Crippen molar-refractivity contribution in [1.29, 1.82) is 0 Å². The van der Waals surface area contributed by atoms with Gasteiger partial charge in [-0.2, -0.15) is 0 Å². The summed E-state index contributed by atoms with van der Waals surface area (Å²) in [4.78, 5) is 2.55. The molecule has 0 radical (unpaired) electrons. The molecule has 0 aromatic carbocycles. The first-order valence-electron chi connectivity index (χ1n) is 10.4. The zero-order valence-electron chi connectivity index (χ0n) is 16.2. The van der Waals surface area contributed by atoms with Gasteiger partial charge in [0.05, 0.1) is 17.0 Å². The summed E-state index contributed by atoms with van der Waals surface area (Å²) in [6, 6.07) is 0. The van der Waals surface area contributed by atoms with Crippen molar-refractivity contribution in [2.75, 3.05) is 39.4 Å². The Hall–Kier alpha value is -0.210. The van der Waals surface area contributed by atoms with Crippen LogP contribution in [0.3, 0.4) is 0 Å². The Morgan fingerprint density at radius 3 is 2.73 bits per heavy atom. The maximum Gasteiger partial charge on any atom is 0.214 e. The van der Waals surface area contributed by atoms with Gasteiger partial charge in [0.2, 0.25) is 10.0 Å². The van der Waals surface area contributed by atoms with Crippen LogP contribution in [0.2, 0.25) is 0 Å². The van der Waals surface area contributed by atoms with E-state index in [0.29, 0.717) is 50.4 Å². The van der Waals surface area contributed by atoms with Gasteiger partial charge in [-0.3, -0.25) is 0 Å². The second kappa shape index (κ2) is 7.32. The van der Waals surface area contributed by atoms with Gasteiger partial charge in [0, 0.05) is 44.7 Å². The second-order valence-electron chi connectivity index (χ2n) is 9.15. The van der Waals surface area contributed by atoms with E-state index in [2.05, 4.69) is 23.5 Å². The highest BCUT2D eigenvalue weighted by atomic mass is 32.2. The van der Waals surface area contributed by atoms with E-state index in [1.807, 2.05) is 0 Å². The third-order valence-corrected chi connectivity index (χ3v) is 8.92. The van der Waals surface area contributed by atoms with Crippen molar-refractivity contribution in [3.63, 3.8) is 0 Å². The molecule has 1 spiro atoms. The molecule has 4 aliphatic heterocycles. The van der Waals surface area contributed by atoms with E-state index in [9.17, 15) is 8.42 Å². The van der Waals surface area contributed by atoms with Crippen molar-refractivity contribution in [2.45, 2.75) is 62.9 Å². The molecule has 2 bridgehead atoms. The molecule has 0 saturated carbocycles. The number of rotatable bonds is 7. The van der Waals surface area contributed by atoms with Gasteiger partial charge in [-0.15, -0.1) is 0 Å². The van der Waals surface area contributed by atoms with Crippen LogP contribution in [0.4, 0.5) is 0 Å². The van der Waals surface area contributed by atoms with Crippen LogP contribution in [0, 0.1) is 17.8 Å². The molecule has 0 aromatic rings. The quantitative estimate of drug-likeness (QED) is 0.720. The van der Waals surface area contributed by atoms with Crippen molar-refractivity contribution in [3.05, 3.63) is 0 Å². The molecular formula is C19H34N2O4S. The van der Waals surface area contributed by atoms with Crippen LogP contribution in [-0.4, -0.2) is 69.7 Å². The average Bonchev–Trinajstić information content (AvgIpc) is 3.27. The summed E-state index contributed by atoms with van der Waals surface area (Å²) in [6.07, 6.45) is 4.89. The average molecular weight is 387 g/mol. The molecule has 1 N–H and O–H groups in total. The monoisotopic (exact) mass is 386 g/mol. The number of fused-ring (bicyclic) bond motifs is 1. The fourth-order valence-corrected chi connectivity index (χ4v) is 6.96. The van der Waals surface area contributed by atoms with Gasteiger partial charge in [-0.25, -0.2) is 13.1 Å². The molecule has 6 nitrogen and oxygen atoms in total. The summed E-state index contributed by atoms with van der Waals surface area (Å²) in [5.74, 6) is 1.51. The molecule has 4 rings (SSSR count). The molecule has 4 atom stereocenters. The van der Waals surface area contributed by atoms with Gasteiger partial charge in [-0.1, -0.05) is 13.8 Å². The molecule has 0 aliphatic carbocycles. The first kappa shape index (κ1) is 19.1. The lowest BCUT2D eigenvalue weighted by molar-refractivity contribution is 0.00254. The van der Waals surface area contributed by atoms with Crippen molar-refractivity contribution in [1.82, 2.24) is 9.62 Å². The van der Waals surface area contributed by atoms with Crippen molar-refractivity contribution in [2.24, 2.45) is 17.8 Å². The standard InChI is InChI=1S/C19H34N2O4S/c1-14(2)4-8-21-12-17-16(18-3-7-19(17,13-21)25-18)11-20-26(22,23)15-5-9-24-10-6-15/h14-18,20H,3-13H2,1-2H3/t16-,17+,18+,19+/m0/s1. The summed E-state index contributed by atoms with van der Waals surface area (Å²) in [6.45, 7) is 9.40. The van der Waals surface area contributed by atoms with Crippen LogP contribution in [0.25, 0.3) is 0 Å². The molecule has 0 unspecified atom stereocenters. The maximum absolute atomic E-state index is 12.7. The minimum Gasteiger partial charge on any atom is -0.381 e. The van der Waals surface area contributed by atoms with Crippen LogP contribution in [-0.2, 0) is 19.5 Å². The highest BCUT2D eigenvalue weighted by Crippen LogP contribution is 2.54. The Labute approximate surface area is 158 Å². The van der Waals surface area contributed by atoms with Gasteiger partial charge in [-0.05, 0) is 44.6 Å². The number of hydrogen-bond donors (Lipinski definition) is 1. The molecule has 7 heteroatoms. The third-order valence-electron chi connectivity index (χ3n) is 7.00. The molecule has 4 fully saturated rings. The van der Waals surface area contributed by atoms with Crippen molar-refractivity contribution < 1.29 is 17.9 Å². The van der Waals surface area contributed by atoms with E-state index in [-0.39, 0.29) is 17.0 Å². The molecule has 150 valence electrons. The molecule has 4 aliphatic rings.